The summed E-state index contributed by atoms with van der Waals surface area (Å²) in [6.45, 7) is 0. The van der Waals surface area contributed by atoms with E-state index in [1.807, 2.05) is 0 Å². The fraction of sp³-hybridized carbons (Fsp3) is 0.500. The van der Waals surface area contributed by atoms with Crippen molar-refractivity contribution >= 4 is 24.6 Å². The first-order valence-corrected chi connectivity index (χ1v) is 2.80. The Balaban J connectivity index is 4.07. The van der Waals surface area contributed by atoms with Crippen molar-refractivity contribution in [1.29, 1.82) is 0 Å². The third kappa shape index (κ3) is 2.24. The van der Waals surface area contributed by atoms with Crippen LogP contribution in [0.1, 0.15) is 0 Å². The molecule has 0 aliphatic heterocycles. The van der Waals surface area contributed by atoms with Gasteiger partial charge in [0.2, 0.25) is 0 Å². The van der Waals surface area contributed by atoms with E-state index in [9.17, 15) is 9.59 Å². The van der Waals surface area contributed by atoms with Crippen LogP contribution in [-0.4, -0.2) is 38.6 Å². The minimum absolute atomic E-state index is 1.46. The summed E-state index contributed by atoms with van der Waals surface area (Å²) in [6.07, 6.45) is -1.96. The SMILES string of the molecule is O=C(O)C(O)C(S)C(=O)O. The molecule has 6 heteroatoms. The molecule has 2 unspecified atom stereocenters. The van der Waals surface area contributed by atoms with E-state index in [0.29, 0.717) is 0 Å². The lowest BCUT2D eigenvalue weighted by atomic mass is 10.2. The number of aliphatic hydroxyl groups is 1. The van der Waals surface area contributed by atoms with Crippen molar-refractivity contribution < 1.29 is 24.9 Å². The summed E-state index contributed by atoms with van der Waals surface area (Å²) in [6, 6.07) is 0. The van der Waals surface area contributed by atoms with Gasteiger partial charge in [-0.2, -0.15) is 12.6 Å². The molecule has 0 amide bonds. The van der Waals surface area contributed by atoms with Gasteiger partial charge in [-0.1, -0.05) is 0 Å². The molecule has 3 N–H and O–H groups in total. The highest BCUT2D eigenvalue weighted by Gasteiger charge is 2.28. The molecule has 0 fully saturated rings. The third-order valence-corrected chi connectivity index (χ3v) is 1.31. The lowest BCUT2D eigenvalue weighted by molar-refractivity contribution is -0.152. The van der Waals surface area contributed by atoms with Crippen LogP contribution in [-0.2, 0) is 9.59 Å². The molecule has 58 valence electrons. The standard InChI is InChI=1S/C4H6O5S/c5-1(3(6)7)2(10)4(8)9/h1-2,5,10H,(H,6,7)(H,8,9). The second-order valence-electron chi connectivity index (χ2n) is 1.57. The van der Waals surface area contributed by atoms with Gasteiger partial charge in [-0.05, 0) is 0 Å². The molecule has 10 heavy (non-hydrogen) atoms. The van der Waals surface area contributed by atoms with Crippen molar-refractivity contribution in [2.45, 2.75) is 11.4 Å². The summed E-state index contributed by atoms with van der Waals surface area (Å²) in [4.78, 5) is 19.8. The summed E-state index contributed by atoms with van der Waals surface area (Å²) >= 11 is 3.33. The summed E-state index contributed by atoms with van der Waals surface area (Å²) < 4.78 is 0. The van der Waals surface area contributed by atoms with Gasteiger partial charge in [-0.3, -0.25) is 4.79 Å². The third-order valence-electron chi connectivity index (χ3n) is 0.805. The number of carbonyl (C=O) groups is 2. The van der Waals surface area contributed by atoms with Gasteiger partial charge < -0.3 is 15.3 Å². The summed E-state index contributed by atoms with van der Waals surface area (Å²) in [7, 11) is 0. The molecule has 0 aromatic heterocycles. The van der Waals surface area contributed by atoms with Gasteiger partial charge in [0.1, 0.15) is 5.25 Å². The van der Waals surface area contributed by atoms with Gasteiger partial charge in [-0.15, -0.1) is 0 Å². The van der Waals surface area contributed by atoms with E-state index in [0.717, 1.165) is 0 Å². The average Bonchev–Trinajstić information content (AvgIpc) is 1.84. The molecule has 0 aromatic rings. The Morgan fingerprint density at radius 2 is 1.60 bits per heavy atom. The highest BCUT2D eigenvalue weighted by Crippen LogP contribution is 2.01. The predicted octanol–water partition coefficient (Wildman–Crippen LogP) is -1.19. The molecule has 0 aliphatic carbocycles. The van der Waals surface area contributed by atoms with Crippen molar-refractivity contribution in [2.75, 3.05) is 0 Å². The molecule has 0 bridgehead atoms. The maximum absolute atomic E-state index is 9.95. The second kappa shape index (κ2) is 3.43. The maximum Gasteiger partial charge on any atom is 0.334 e. The van der Waals surface area contributed by atoms with Gasteiger partial charge in [0.05, 0.1) is 0 Å². The molecule has 0 rings (SSSR count). The van der Waals surface area contributed by atoms with Crippen LogP contribution in [0.15, 0.2) is 0 Å². The molecular formula is C4H6O5S. The Morgan fingerprint density at radius 1 is 1.20 bits per heavy atom. The van der Waals surface area contributed by atoms with Gasteiger partial charge in [0, 0.05) is 0 Å². The number of rotatable bonds is 3. The quantitative estimate of drug-likeness (QED) is 0.396. The van der Waals surface area contributed by atoms with Gasteiger partial charge in [0.25, 0.3) is 0 Å². The van der Waals surface area contributed by atoms with Crippen LogP contribution in [0.5, 0.6) is 0 Å². The van der Waals surface area contributed by atoms with Crippen molar-refractivity contribution in [3.63, 3.8) is 0 Å². The zero-order chi connectivity index (χ0) is 8.31. The molecule has 0 spiro atoms. The highest BCUT2D eigenvalue weighted by atomic mass is 32.1. The Kier molecular flexibility index (Phi) is 3.17. The predicted molar refractivity (Wildman–Crippen MR) is 34.1 cm³/mol. The second-order valence-corrected chi connectivity index (χ2v) is 2.12. The van der Waals surface area contributed by atoms with Crippen molar-refractivity contribution in [2.24, 2.45) is 0 Å². The van der Waals surface area contributed by atoms with Gasteiger partial charge in [0.15, 0.2) is 6.10 Å². The normalized spacial score (nSPS) is 15.8. The zero-order valence-corrected chi connectivity index (χ0v) is 5.65. The topological polar surface area (TPSA) is 94.8 Å². The summed E-state index contributed by atoms with van der Waals surface area (Å²) in [5.41, 5.74) is 0. The summed E-state index contributed by atoms with van der Waals surface area (Å²) in [5.74, 6) is -3.05. The molecule has 2 atom stereocenters. The molecule has 0 heterocycles. The highest BCUT2D eigenvalue weighted by molar-refractivity contribution is 7.81. The van der Waals surface area contributed by atoms with E-state index in [1.165, 1.54) is 0 Å². The van der Waals surface area contributed by atoms with Crippen LogP contribution < -0.4 is 0 Å². The number of aliphatic carboxylic acids is 2. The number of aliphatic hydroxyl groups excluding tert-OH is 1. The summed E-state index contributed by atoms with van der Waals surface area (Å²) in [5, 5.41) is 23.1. The van der Waals surface area contributed by atoms with Gasteiger partial charge in [-0.25, -0.2) is 4.79 Å². The first-order valence-electron chi connectivity index (χ1n) is 2.28. The Hall–Kier alpha value is -0.750. The van der Waals surface area contributed by atoms with Crippen LogP contribution in [0.25, 0.3) is 0 Å². The van der Waals surface area contributed by atoms with E-state index in [4.69, 9.17) is 15.3 Å². The number of carboxylic acids is 2. The minimum atomic E-state index is -1.96. The molecule has 0 saturated carbocycles. The van der Waals surface area contributed by atoms with Crippen molar-refractivity contribution in [3.8, 4) is 0 Å². The minimum Gasteiger partial charge on any atom is -0.480 e. The Morgan fingerprint density at radius 3 is 1.70 bits per heavy atom. The van der Waals surface area contributed by atoms with E-state index in [-0.39, 0.29) is 0 Å². The van der Waals surface area contributed by atoms with Crippen LogP contribution in [0.2, 0.25) is 0 Å². The molecular weight excluding hydrogens is 160 g/mol. The van der Waals surface area contributed by atoms with Crippen LogP contribution >= 0.6 is 12.6 Å². The first-order chi connectivity index (χ1) is 4.46. The van der Waals surface area contributed by atoms with E-state index in [2.05, 4.69) is 12.6 Å². The Labute approximate surface area is 61.7 Å². The molecule has 0 radical (unpaired) electrons. The number of hydrogen-bond donors (Lipinski definition) is 4. The van der Waals surface area contributed by atoms with Crippen LogP contribution in [0, 0.1) is 0 Å². The van der Waals surface area contributed by atoms with E-state index < -0.39 is 23.3 Å². The molecule has 0 saturated heterocycles. The first kappa shape index (κ1) is 9.25. The molecule has 0 aliphatic rings. The average molecular weight is 166 g/mol. The van der Waals surface area contributed by atoms with Crippen molar-refractivity contribution in [3.05, 3.63) is 0 Å². The van der Waals surface area contributed by atoms with Crippen LogP contribution in [0.4, 0.5) is 0 Å². The number of carboxylic acid groups (broad SMARTS) is 2. The largest absolute Gasteiger partial charge is 0.480 e. The fourth-order valence-electron chi connectivity index (χ4n) is 0.270. The van der Waals surface area contributed by atoms with Crippen molar-refractivity contribution in [1.82, 2.24) is 0 Å². The smallest absolute Gasteiger partial charge is 0.334 e. The monoisotopic (exact) mass is 166 g/mol. The van der Waals surface area contributed by atoms with Gasteiger partial charge >= 0.3 is 11.9 Å². The zero-order valence-electron chi connectivity index (χ0n) is 4.76. The van der Waals surface area contributed by atoms with E-state index in [1.54, 1.807) is 0 Å². The number of thiol groups is 1. The van der Waals surface area contributed by atoms with E-state index >= 15 is 0 Å². The molecule has 5 nitrogen and oxygen atoms in total. The number of hydrogen-bond acceptors (Lipinski definition) is 4. The van der Waals surface area contributed by atoms with Crippen LogP contribution in [0.3, 0.4) is 0 Å². The Bertz CT molecular complexity index is 138. The molecule has 0 aromatic carbocycles. The maximum atomic E-state index is 9.95. The lowest BCUT2D eigenvalue weighted by Gasteiger charge is -2.07. The lowest BCUT2D eigenvalue weighted by Crippen LogP contribution is -2.35. The fourth-order valence-corrected chi connectivity index (χ4v) is 0.398.